The second-order valence-electron chi connectivity index (χ2n) is 9.25. The Bertz CT molecular complexity index is 1240. The van der Waals surface area contributed by atoms with E-state index in [1.54, 1.807) is 0 Å². The lowest BCUT2D eigenvalue weighted by atomic mass is 10.1. The normalized spacial score (nSPS) is 12.3. The van der Waals surface area contributed by atoms with Gasteiger partial charge in [-0.15, -0.1) is 0 Å². The van der Waals surface area contributed by atoms with E-state index in [1.165, 1.54) is 36.0 Å². The minimum absolute atomic E-state index is 0.00785. The highest BCUT2D eigenvalue weighted by atomic mass is 31.2. The van der Waals surface area contributed by atoms with Gasteiger partial charge in [0.05, 0.1) is 36.8 Å². The molecule has 0 amide bonds. The van der Waals surface area contributed by atoms with Crippen LogP contribution in [0.25, 0.3) is 0 Å². The quantitative estimate of drug-likeness (QED) is 0.127. The zero-order chi connectivity index (χ0) is 30.4. The van der Waals surface area contributed by atoms with Gasteiger partial charge in [-0.05, 0) is 25.0 Å². The van der Waals surface area contributed by atoms with E-state index in [0.717, 1.165) is 0 Å². The summed E-state index contributed by atoms with van der Waals surface area (Å²) in [6, 6.07) is 0. The summed E-state index contributed by atoms with van der Waals surface area (Å²) in [7, 11) is -9.16. The van der Waals surface area contributed by atoms with E-state index in [4.69, 9.17) is 0 Å². The van der Waals surface area contributed by atoms with Gasteiger partial charge in [-0.25, -0.2) is 0 Å². The molecule has 0 unspecified atom stereocenters. The first kappa shape index (κ1) is 33.3. The van der Waals surface area contributed by atoms with Gasteiger partial charge in [0.15, 0.2) is 0 Å². The van der Waals surface area contributed by atoms with Crippen LogP contribution in [0.4, 0.5) is 0 Å². The molecule has 222 valence electrons. The Morgan fingerprint density at radius 3 is 1.32 bits per heavy atom. The highest BCUT2D eigenvalue weighted by Crippen LogP contribution is 2.42. The molecular formula is C22H32N4O12P2. The Labute approximate surface area is 228 Å². The number of nitrogens with zero attached hydrogens (tertiary/aromatic N) is 4. The number of aromatic hydroxyl groups is 2. The topological polar surface area (TPSA) is 262 Å². The fourth-order valence-corrected chi connectivity index (χ4v) is 5.41. The van der Waals surface area contributed by atoms with Gasteiger partial charge in [-0.3, -0.25) is 38.5 Å². The largest absolute Gasteiger partial charge is 0.506 e. The average molecular weight is 606 g/mol. The molecule has 2 heterocycles. The Hall–Kier alpha value is -2.94. The lowest BCUT2D eigenvalue weighted by molar-refractivity contribution is -0.140. The molecule has 2 rings (SSSR count). The monoisotopic (exact) mass is 606 g/mol. The third kappa shape index (κ3) is 10.6. The van der Waals surface area contributed by atoms with Gasteiger partial charge >= 0.3 is 27.1 Å². The zero-order valence-electron chi connectivity index (χ0n) is 21.7. The number of hydrogen-bond donors (Lipinski definition) is 8. The Morgan fingerprint density at radius 1 is 0.725 bits per heavy atom. The van der Waals surface area contributed by atoms with Crippen molar-refractivity contribution in [3.05, 3.63) is 46.0 Å². The first-order valence-electron chi connectivity index (χ1n) is 11.7. The molecule has 0 aliphatic rings. The molecule has 16 nitrogen and oxygen atoms in total. The lowest BCUT2D eigenvalue weighted by Crippen LogP contribution is -2.39. The van der Waals surface area contributed by atoms with Crippen LogP contribution in [0.5, 0.6) is 11.5 Å². The van der Waals surface area contributed by atoms with Crippen molar-refractivity contribution in [2.75, 3.05) is 26.2 Å². The molecule has 0 fully saturated rings. The van der Waals surface area contributed by atoms with E-state index < -0.39 is 52.5 Å². The summed E-state index contributed by atoms with van der Waals surface area (Å²) in [5.41, 5.74) is 0.407. The maximum absolute atomic E-state index is 11.6. The highest BCUT2D eigenvalue weighted by molar-refractivity contribution is 7.51. The Balaban J connectivity index is 2.39. The van der Waals surface area contributed by atoms with E-state index >= 15 is 0 Å². The van der Waals surface area contributed by atoms with Crippen LogP contribution in [0.1, 0.15) is 33.6 Å². The van der Waals surface area contributed by atoms with E-state index in [1.807, 2.05) is 0 Å². The molecule has 0 radical (unpaired) electrons. The van der Waals surface area contributed by atoms with Crippen LogP contribution in [0, 0.1) is 13.8 Å². The van der Waals surface area contributed by atoms with Gasteiger partial charge in [0, 0.05) is 49.7 Å². The van der Waals surface area contributed by atoms with Crippen molar-refractivity contribution in [1.29, 1.82) is 0 Å². The first-order chi connectivity index (χ1) is 18.4. The minimum atomic E-state index is -4.58. The van der Waals surface area contributed by atoms with Crippen molar-refractivity contribution >= 4 is 27.1 Å². The maximum Gasteiger partial charge on any atom is 0.329 e. The van der Waals surface area contributed by atoms with Crippen molar-refractivity contribution < 1.29 is 58.7 Å². The van der Waals surface area contributed by atoms with Crippen molar-refractivity contribution in [3.8, 4) is 11.5 Å². The fourth-order valence-electron chi connectivity index (χ4n) is 3.98. The molecular weight excluding hydrogens is 574 g/mol. The molecule has 2 aromatic rings. The molecule has 0 spiro atoms. The summed E-state index contributed by atoms with van der Waals surface area (Å²) in [6.07, 6.45) is 0.850. The number of carbonyl (C=O) groups is 2. The second kappa shape index (κ2) is 13.6. The third-order valence-corrected chi connectivity index (χ3v) is 7.33. The Morgan fingerprint density at radius 2 is 1.05 bits per heavy atom. The lowest BCUT2D eigenvalue weighted by Gasteiger charge is -2.28. The summed E-state index contributed by atoms with van der Waals surface area (Å²) in [4.78, 5) is 71.3. The van der Waals surface area contributed by atoms with Crippen LogP contribution in [-0.2, 0) is 44.1 Å². The number of hydrogen-bond acceptors (Lipinski definition) is 10. The third-order valence-electron chi connectivity index (χ3n) is 5.83. The number of pyridine rings is 2. The highest BCUT2D eigenvalue weighted by Gasteiger charge is 2.25. The molecule has 18 heteroatoms. The fraction of sp³-hybridized carbons (Fsp3) is 0.455. The molecule has 0 bridgehead atoms. The summed E-state index contributed by atoms with van der Waals surface area (Å²) >= 11 is 0. The average Bonchev–Trinajstić information content (AvgIpc) is 2.79. The number of carboxylic acids is 2. The summed E-state index contributed by atoms with van der Waals surface area (Å²) in [5.74, 6) is -3.28. The van der Waals surface area contributed by atoms with Crippen LogP contribution >= 0.6 is 15.2 Å². The predicted molar refractivity (Wildman–Crippen MR) is 139 cm³/mol. The van der Waals surface area contributed by atoms with Crippen molar-refractivity contribution in [1.82, 2.24) is 19.8 Å². The SMILES string of the molecule is Cc1ncc(CP(=O)(O)O)c(CN(CCN(CC(=O)O)Cc2c(CP(=O)(O)O)cnc(C)c2O)CC(=O)O)c1O. The molecule has 40 heavy (non-hydrogen) atoms. The molecule has 8 N–H and O–H groups in total. The van der Waals surface area contributed by atoms with E-state index in [-0.39, 0.29) is 71.3 Å². The van der Waals surface area contributed by atoms with Gasteiger partial charge in [-0.1, -0.05) is 0 Å². The van der Waals surface area contributed by atoms with Gasteiger partial charge < -0.3 is 40.0 Å². The molecule has 0 aromatic carbocycles. The van der Waals surface area contributed by atoms with Crippen LogP contribution in [0.3, 0.4) is 0 Å². The molecule has 0 saturated heterocycles. The number of aromatic nitrogens is 2. The summed E-state index contributed by atoms with van der Waals surface area (Å²) in [5, 5.41) is 40.0. The smallest absolute Gasteiger partial charge is 0.329 e. The number of aryl methyl sites for hydroxylation is 2. The van der Waals surface area contributed by atoms with E-state index in [0.29, 0.717) is 0 Å². The van der Waals surface area contributed by atoms with Crippen LogP contribution < -0.4 is 0 Å². The Kier molecular flexibility index (Phi) is 11.3. The summed E-state index contributed by atoms with van der Waals surface area (Å²) < 4.78 is 23.2. The predicted octanol–water partition coefficient (Wildman–Crippen LogP) is 0.333. The van der Waals surface area contributed by atoms with Crippen LogP contribution in [0.2, 0.25) is 0 Å². The van der Waals surface area contributed by atoms with Crippen molar-refractivity contribution in [2.45, 2.75) is 39.3 Å². The van der Waals surface area contributed by atoms with Crippen molar-refractivity contribution in [2.24, 2.45) is 0 Å². The number of rotatable bonds is 15. The van der Waals surface area contributed by atoms with E-state index in [9.17, 15) is 58.7 Å². The molecule has 0 aliphatic heterocycles. The summed E-state index contributed by atoms with van der Waals surface area (Å²) in [6.45, 7) is 0.952. The van der Waals surface area contributed by atoms with Gasteiger partial charge in [0.1, 0.15) is 11.5 Å². The van der Waals surface area contributed by atoms with Gasteiger partial charge in [-0.2, -0.15) is 0 Å². The van der Waals surface area contributed by atoms with Gasteiger partial charge in [0.25, 0.3) is 0 Å². The minimum Gasteiger partial charge on any atom is -0.506 e. The molecule has 0 atom stereocenters. The van der Waals surface area contributed by atoms with E-state index in [2.05, 4.69) is 9.97 Å². The van der Waals surface area contributed by atoms with Crippen LogP contribution in [0.15, 0.2) is 12.4 Å². The molecule has 0 saturated carbocycles. The maximum atomic E-state index is 11.6. The zero-order valence-corrected chi connectivity index (χ0v) is 23.5. The first-order valence-corrected chi connectivity index (χ1v) is 15.3. The standard InChI is InChI=1S/C22H32N4O12P2/c1-13-21(31)17(15(5-23-13)11-39(33,34)35)7-25(9-19(27)28)3-4-26(10-20(29)30)8-18-16(12-40(36,37)38)6-24-14(2)22(18)32/h5-6,31-32H,3-4,7-12H2,1-2H3,(H,27,28)(H,29,30)(H2,33,34,35)(H2,36,37,38). The van der Waals surface area contributed by atoms with Gasteiger partial charge in [0.2, 0.25) is 0 Å². The van der Waals surface area contributed by atoms with Crippen LogP contribution in [-0.4, -0.2) is 97.9 Å². The molecule has 2 aromatic heterocycles. The van der Waals surface area contributed by atoms with Crippen molar-refractivity contribution in [3.63, 3.8) is 0 Å². The number of aliphatic carboxylic acids is 2. The number of carboxylic acid groups (broad SMARTS) is 2. The second-order valence-corrected chi connectivity index (χ2v) is 12.5. The molecule has 0 aliphatic carbocycles.